The Labute approximate surface area is 130 Å². The molecule has 0 atom stereocenters. The number of nitrogens with one attached hydrogen (secondary N) is 2. The summed E-state index contributed by atoms with van der Waals surface area (Å²) in [6.45, 7) is 0. The largest absolute Gasteiger partial charge is 0.507 e. The number of ether oxygens (including phenoxy) is 2. The average molecular weight is 352 g/mol. The summed E-state index contributed by atoms with van der Waals surface area (Å²) in [6, 6.07) is 3.12. The lowest BCUT2D eigenvalue weighted by Crippen LogP contribution is -2.52. The molecule has 2 rings (SSSR count). The summed E-state index contributed by atoms with van der Waals surface area (Å²) in [7, 11) is 0. The van der Waals surface area contributed by atoms with Crippen molar-refractivity contribution < 1.29 is 27.0 Å². The molecule has 0 saturated carbocycles. The molecule has 0 radical (unpaired) electrons. The van der Waals surface area contributed by atoms with Crippen LogP contribution in [-0.4, -0.2) is 23.8 Å². The maximum absolute atomic E-state index is 13.1. The van der Waals surface area contributed by atoms with Gasteiger partial charge in [0.15, 0.2) is 17.3 Å². The molecule has 0 bridgehead atoms. The summed E-state index contributed by atoms with van der Waals surface area (Å²) in [6.07, 6.45) is -9.75. The first kappa shape index (κ1) is 16.6. The lowest BCUT2D eigenvalue weighted by atomic mass is 10.2. The number of fused-ring (bicyclic) bond motifs is 1. The molecule has 0 fully saturated rings. The van der Waals surface area contributed by atoms with Crippen LogP contribution >= 0.6 is 11.6 Å². The highest BCUT2D eigenvalue weighted by Gasteiger charge is 2.66. The average Bonchev–Trinajstić information content (AvgIpc) is 2.41. The molecule has 12 heteroatoms. The minimum absolute atomic E-state index is 0.163. The molecule has 0 aliphatic carbocycles. The van der Waals surface area contributed by atoms with Crippen molar-refractivity contribution in [3.8, 4) is 17.6 Å². The van der Waals surface area contributed by atoms with E-state index in [0.29, 0.717) is 0 Å². The topological polar surface area (TPSA) is 117 Å². The highest BCUT2D eigenvalue weighted by Crippen LogP contribution is 2.49. The van der Waals surface area contributed by atoms with E-state index >= 15 is 0 Å². The Bertz CT molecular complexity index is 747. The summed E-state index contributed by atoms with van der Waals surface area (Å²) in [5, 5.41) is 18.9. The summed E-state index contributed by atoms with van der Waals surface area (Å²) in [5.74, 6) is -2.07. The van der Waals surface area contributed by atoms with Gasteiger partial charge in [-0.2, -0.15) is 27.9 Å². The van der Waals surface area contributed by atoms with Crippen LogP contribution in [0.15, 0.2) is 17.2 Å². The third-order valence-electron chi connectivity index (χ3n) is 2.50. The van der Waals surface area contributed by atoms with Gasteiger partial charge in [0.2, 0.25) is 5.71 Å². The Kier molecular flexibility index (Phi) is 3.96. The second-order valence-electron chi connectivity index (χ2n) is 4.11. The lowest BCUT2D eigenvalue weighted by Gasteiger charge is -2.32. The van der Waals surface area contributed by atoms with Crippen LogP contribution in [-0.2, 0) is 0 Å². The molecular weight excluding hydrogens is 346 g/mol. The van der Waals surface area contributed by atoms with Gasteiger partial charge >= 0.3 is 12.2 Å². The number of anilines is 1. The van der Waals surface area contributed by atoms with Crippen molar-refractivity contribution in [3.05, 3.63) is 17.2 Å². The van der Waals surface area contributed by atoms with E-state index < -0.39 is 35.3 Å². The van der Waals surface area contributed by atoms with Crippen LogP contribution in [0.25, 0.3) is 0 Å². The molecule has 0 saturated heterocycles. The zero-order valence-electron chi connectivity index (χ0n) is 10.8. The number of nitrogens with zero attached hydrogens (tertiary/aromatic N) is 2. The Morgan fingerprint density at radius 1 is 1.26 bits per heavy atom. The highest BCUT2D eigenvalue weighted by atomic mass is 35.5. The quantitative estimate of drug-likeness (QED) is 0.335. The first-order valence-corrected chi connectivity index (χ1v) is 6.00. The van der Waals surface area contributed by atoms with Crippen LogP contribution in [0.5, 0.6) is 11.5 Å². The maximum atomic E-state index is 13.1. The number of rotatable bonds is 3. The van der Waals surface area contributed by atoms with Gasteiger partial charge in [-0.25, -0.2) is 0 Å². The molecule has 1 aromatic rings. The fourth-order valence-corrected chi connectivity index (χ4v) is 1.63. The van der Waals surface area contributed by atoms with Gasteiger partial charge in [0, 0.05) is 12.1 Å². The monoisotopic (exact) mass is 351 g/mol. The zero-order valence-corrected chi connectivity index (χ0v) is 11.6. The highest BCUT2D eigenvalue weighted by molar-refractivity contribution is 6.46. The van der Waals surface area contributed by atoms with Gasteiger partial charge < -0.3 is 15.2 Å². The van der Waals surface area contributed by atoms with E-state index in [9.17, 15) is 17.6 Å². The van der Waals surface area contributed by atoms with Gasteiger partial charge in [0.25, 0.3) is 0 Å². The van der Waals surface area contributed by atoms with Crippen molar-refractivity contribution >= 4 is 28.8 Å². The van der Waals surface area contributed by atoms with Crippen molar-refractivity contribution in [1.29, 1.82) is 10.7 Å². The fourth-order valence-electron chi connectivity index (χ4n) is 1.44. The number of benzene rings is 1. The molecule has 7 nitrogen and oxygen atoms in total. The van der Waals surface area contributed by atoms with Crippen LogP contribution in [0.1, 0.15) is 0 Å². The molecule has 122 valence electrons. The van der Waals surface area contributed by atoms with Gasteiger partial charge in [-0.05, 0) is 0 Å². The Balaban J connectivity index is 2.37. The molecule has 1 heterocycles. The molecule has 0 unspecified atom stereocenters. The molecule has 4 N–H and O–H groups in total. The lowest BCUT2D eigenvalue weighted by molar-refractivity contribution is -0.391. The summed E-state index contributed by atoms with van der Waals surface area (Å²) in [5.41, 5.74) is 6.57. The third kappa shape index (κ3) is 3.07. The van der Waals surface area contributed by atoms with Crippen LogP contribution in [0, 0.1) is 16.7 Å². The minimum atomic E-state index is -4.88. The number of hydrogen-bond acceptors (Lipinski definition) is 6. The van der Waals surface area contributed by atoms with E-state index in [1.807, 2.05) is 0 Å². The fraction of sp³-hybridized carbons (Fsp3) is 0.182. The summed E-state index contributed by atoms with van der Waals surface area (Å²) < 4.78 is 60.1. The van der Waals surface area contributed by atoms with Crippen LogP contribution < -0.4 is 20.6 Å². The number of amidine groups is 1. The second kappa shape index (κ2) is 5.47. The van der Waals surface area contributed by atoms with Gasteiger partial charge in [-0.15, -0.1) is 0 Å². The first-order valence-electron chi connectivity index (χ1n) is 5.63. The van der Waals surface area contributed by atoms with Crippen LogP contribution in [0.4, 0.5) is 23.2 Å². The first-order chi connectivity index (χ1) is 10.6. The van der Waals surface area contributed by atoms with Crippen LogP contribution in [0.2, 0.25) is 5.02 Å². The molecule has 0 spiro atoms. The SMILES string of the molecule is N#C/C(=N\Nc1cc2c(cc1Cl)OC(F)(F)C(F)(F)O2)C(=N)N. The standard InChI is InChI=1S/C11H6ClF4N5O2/c12-4-1-7-8(23-11(15,16)10(13,14)22-7)2-5(4)20-21-6(3-17)9(18)19/h1-2,20H,(H3,18,19)/b21-6+. The summed E-state index contributed by atoms with van der Waals surface area (Å²) >= 11 is 5.76. The normalized spacial score (nSPS) is 18.0. The van der Waals surface area contributed by atoms with Crippen molar-refractivity contribution in [3.63, 3.8) is 0 Å². The van der Waals surface area contributed by atoms with Crippen molar-refractivity contribution in [2.75, 3.05) is 5.43 Å². The van der Waals surface area contributed by atoms with Gasteiger partial charge in [0.1, 0.15) is 6.07 Å². The molecule has 1 aliphatic rings. The number of halogens is 5. The third-order valence-corrected chi connectivity index (χ3v) is 2.81. The van der Waals surface area contributed by atoms with Crippen molar-refractivity contribution in [1.82, 2.24) is 0 Å². The van der Waals surface area contributed by atoms with Gasteiger partial charge in [0.05, 0.1) is 10.7 Å². The number of hydrogen-bond donors (Lipinski definition) is 3. The van der Waals surface area contributed by atoms with Gasteiger partial charge in [-0.3, -0.25) is 10.8 Å². The minimum Gasteiger partial charge on any atom is -0.421 e. The number of hydrazone groups is 1. The Morgan fingerprint density at radius 3 is 2.26 bits per heavy atom. The van der Waals surface area contributed by atoms with Crippen LogP contribution in [0.3, 0.4) is 0 Å². The van der Waals surface area contributed by atoms with E-state index in [1.54, 1.807) is 0 Å². The number of nitrogens with two attached hydrogens (primary N) is 1. The summed E-state index contributed by atoms with van der Waals surface area (Å²) in [4.78, 5) is 0. The van der Waals surface area contributed by atoms with E-state index in [0.717, 1.165) is 12.1 Å². The predicted octanol–water partition coefficient (Wildman–Crippen LogP) is 2.52. The van der Waals surface area contributed by atoms with E-state index in [-0.39, 0.29) is 10.7 Å². The molecular formula is C11H6ClF4N5O2. The van der Waals surface area contributed by atoms with E-state index in [4.69, 9.17) is 28.0 Å². The maximum Gasteiger partial charge on any atom is 0.507 e. The molecule has 23 heavy (non-hydrogen) atoms. The molecule has 1 aliphatic heterocycles. The van der Waals surface area contributed by atoms with Crippen molar-refractivity contribution in [2.45, 2.75) is 12.2 Å². The number of alkyl halides is 4. The molecule has 0 amide bonds. The van der Waals surface area contributed by atoms with E-state index in [1.165, 1.54) is 6.07 Å². The van der Waals surface area contributed by atoms with Crippen molar-refractivity contribution in [2.24, 2.45) is 10.8 Å². The zero-order chi connectivity index (χ0) is 17.4. The molecule has 1 aromatic carbocycles. The Morgan fingerprint density at radius 2 is 1.78 bits per heavy atom. The molecule has 0 aromatic heterocycles. The van der Waals surface area contributed by atoms with E-state index in [2.05, 4.69) is 20.0 Å². The number of nitriles is 1. The Hall–Kier alpha value is -2.74. The predicted molar refractivity (Wildman–Crippen MR) is 71.2 cm³/mol. The smallest absolute Gasteiger partial charge is 0.421 e. The van der Waals surface area contributed by atoms with Gasteiger partial charge in [-0.1, -0.05) is 11.6 Å². The second-order valence-corrected chi connectivity index (χ2v) is 4.52.